The van der Waals surface area contributed by atoms with E-state index in [1.807, 2.05) is 0 Å². The van der Waals surface area contributed by atoms with E-state index in [0.717, 1.165) is 205 Å². The summed E-state index contributed by atoms with van der Waals surface area (Å²) in [7, 11) is -11.3. The van der Waals surface area contributed by atoms with E-state index in [4.69, 9.17) is 37.5 Å². The Morgan fingerprint density at radius 2 is 0.679 bits per heavy atom. The third-order valence-corrected chi connectivity index (χ3v) is 22.6. The minimum Gasteiger partial charge on any atom is -0.462 e. The highest BCUT2D eigenvalue weighted by Crippen LogP contribution is 2.44. The van der Waals surface area contributed by atoms with E-state index in [2.05, 4.69) is 45.3 Å². The monoisotopic (exact) mass is 1640 g/mol. The summed E-state index contributed by atoms with van der Waals surface area (Å²) in [5, 5.41) is 62.3. The van der Waals surface area contributed by atoms with Gasteiger partial charge in [0.25, 0.3) is 0 Å². The fraction of sp³-hybridized carbons (Fsp3) is 0.940. The summed E-state index contributed by atoms with van der Waals surface area (Å²) >= 11 is 0. The Morgan fingerprint density at radius 1 is 0.366 bits per heavy atom. The quantitative estimate of drug-likeness (QED) is 0.0117. The summed E-state index contributed by atoms with van der Waals surface area (Å²) in [6, 6.07) is -3.81. The van der Waals surface area contributed by atoms with Crippen LogP contribution in [0.1, 0.15) is 407 Å². The molecule has 0 spiro atoms. The number of amides is 2. The molecule has 0 radical (unpaired) electrons. The van der Waals surface area contributed by atoms with E-state index in [-0.39, 0.29) is 32.1 Å². The Kier molecular flexibility index (Phi) is 63.1. The van der Waals surface area contributed by atoms with Crippen molar-refractivity contribution in [2.24, 2.45) is 0 Å². The Labute approximate surface area is 674 Å². The minimum absolute atomic E-state index is 0.111. The highest BCUT2D eigenvalue weighted by atomic mass is 31.2. The van der Waals surface area contributed by atoms with Gasteiger partial charge in [-0.25, -0.2) is 9.13 Å². The normalized spacial score (nSPS) is 21.3. The van der Waals surface area contributed by atoms with Crippen LogP contribution < -0.4 is 10.6 Å². The third kappa shape index (κ3) is 54.4. The molecule has 28 heteroatoms. The maximum absolute atomic E-state index is 14.6. The Bertz CT molecular complexity index is 2450. The molecule has 0 aromatic heterocycles. The standard InChI is InChI=1S/C84H160N2O24P2/c1-6-11-16-21-26-31-32-33-34-39-44-49-54-59-74(93)104-69(58-53-48-43-38-30-25-20-15-10-5)63-73(92)86-77-81(107-75(94)61-67(89)56-51-46-41-36-28-23-18-13-8-3)79(96)71(106-84(77)110-112(100,101)102)65-103-83-78(85-72(91)60-66(88)55-50-45-40-35-27-22-17-12-7-2)82(80(70(64-87)105-83)109-111(97,98)99)108-76(95)62-68(90)57-52-47-42-37-29-24-19-14-9-4/h66-71,77-84,87-90,96H,6-65H2,1-5H3,(H,85,91)(H,86,92)(H2,97,98,99)(H2,100,101,102)/t66-,67-,68-,69-,70-,71-,77-,78-,79-,80-,81-,82-,83-,84-/m1/s1. The molecule has 0 unspecified atom stereocenters. The van der Waals surface area contributed by atoms with Crippen molar-refractivity contribution in [3.8, 4) is 0 Å². The molecule has 0 aromatic carbocycles. The molecule has 660 valence electrons. The van der Waals surface area contributed by atoms with Crippen LogP contribution >= 0.6 is 15.6 Å². The lowest BCUT2D eigenvalue weighted by molar-refractivity contribution is -0.296. The van der Waals surface area contributed by atoms with Gasteiger partial charge in [-0.2, -0.15) is 0 Å². The predicted molar refractivity (Wildman–Crippen MR) is 434 cm³/mol. The van der Waals surface area contributed by atoms with Crippen molar-refractivity contribution in [1.29, 1.82) is 0 Å². The molecule has 11 N–H and O–H groups in total. The van der Waals surface area contributed by atoms with Gasteiger partial charge in [-0.3, -0.25) is 33.0 Å². The zero-order valence-electron chi connectivity index (χ0n) is 70.1. The molecule has 0 aromatic rings. The summed E-state index contributed by atoms with van der Waals surface area (Å²) in [6.07, 6.45) is 28.1. The first-order chi connectivity index (χ1) is 53.9. The van der Waals surface area contributed by atoms with Gasteiger partial charge in [-0.05, 0) is 38.5 Å². The number of phosphoric acid groups is 2. The van der Waals surface area contributed by atoms with Gasteiger partial charge in [0.15, 0.2) is 24.8 Å². The lowest BCUT2D eigenvalue weighted by atomic mass is 9.95. The molecule has 0 bridgehead atoms. The van der Waals surface area contributed by atoms with E-state index < -0.39 is 170 Å². The van der Waals surface area contributed by atoms with Gasteiger partial charge in [-0.15, -0.1) is 0 Å². The molecular weight excluding hydrogens is 1480 g/mol. The molecule has 2 amide bonds. The van der Waals surface area contributed by atoms with E-state index in [9.17, 15) is 78.2 Å². The molecule has 0 aliphatic carbocycles. The first kappa shape index (κ1) is 105. The topological polar surface area (TPSA) is 399 Å². The fourth-order valence-corrected chi connectivity index (χ4v) is 16.0. The van der Waals surface area contributed by atoms with Crippen molar-refractivity contribution in [3.05, 3.63) is 0 Å². The van der Waals surface area contributed by atoms with Crippen molar-refractivity contribution in [2.45, 2.75) is 493 Å². The van der Waals surface area contributed by atoms with Gasteiger partial charge >= 0.3 is 33.6 Å². The molecule has 0 saturated carbocycles. The number of carbonyl (C=O) groups is 5. The lowest BCUT2D eigenvalue weighted by Gasteiger charge is -2.47. The van der Waals surface area contributed by atoms with Crippen LogP contribution in [-0.4, -0.2) is 174 Å². The van der Waals surface area contributed by atoms with E-state index in [1.54, 1.807) is 0 Å². The zero-order valence-corrected chi connectivity index (χ0v) is 71.8. The number of carbonyl (C=O) groups excluding carboxylic acids is 5. The molecule has 26 nitrogen and oxygen atoms in total. The van der Waals surface area contributed by atoms with Crippen LogP contribution in [-0.2, 0) is 70.6 Å². The average molecular weight is 1640 g/mol. The van der Waals surface area contributed by atoms with Gasteiger partial charge in [0.05, 0.1) is 57.2 Å². The van der Waals surface area contributed by atoms with Gasteiger partial charge in [0.1, 0.15) is 42.6 Å². The number of phosphoric ester groups is 2. The SMILES string of the molecule is CCCCCCCCCCCCCCCC(=O)O[C@H](CCCCCCCCCCC)CC(=O)N[C@H]1[C@@H](OP(=O)(O)O)O[C@H](CO[C@@H]2O[C@H](CO)[C@@H](OP(=O)(O)O)[C@H](OC(=O)C[C@H](O)CCCCCCCCCCC)[C@H]2NC(=O)C[C@H](O)CCCCCCCCCCC)[C@@H](O)[C@@H]1OC(=O)C[C@H](O)CCCCCCCCCCC. The number of nitrogens with one attached hydrogen (secondary N) is 2. The summed E-state index contributed by atoms with van der Waals surface area (Å²) in [5.74, 6) is -4.49. The van der Waals surface area contributed by atoms with Gasteiger partial charge in [-0.1, -0.05) is 336 Å². The number of esters is 3. The van der Waals surface area contributed by atoms with Crippen LogP contribution in [0, 0.1) is 0 Å². The van der Waals surface area contributed by atoms with Crippen molar-refractivity contribution in [2.75, 3.05) is 13.2 Å². The van der Waals surface area contributed by atoms with Crippen molar-refractivity contribution in [1.82, 2.24) is 10.6 Å². The summed E-state index contributed by atoms with van der Waals surface area (Å²) in [6.45, 7) is 8.77. The minimum atomic E-state index is -5.68. The third-order valence-electron chi connectivity index (χ3n) is 21.6. The largest absolute Gasteiger partial charge is 0.472 e. The molecule has 2 fully saturated rings. The second-order valence-corrected chi connectivity index (χ2v) is 34.6. The number of aliphatic hydroxyl groups excluding tert-OH is 5. The summed E-state index contributed by atoms with van der Waals surface area (Å²) in [4.78, 5) is 112. The van der Waals surface area contributed by atoms with Crippen molar-refractivity contribution >= 4 is 45.4 Å². The fourth-order valence-electron chi connectivity index (χ4n) is 15.0. The summed E-state index contributed by atoms with van der Waals surface area (Å²) < 4.78 is 72.6. The molecule has 14 atom stereocenters. The van der Waals surface area contributed by atoms with E-state index in [1.165, 1.54) is 77.0 Å². The first-order valence-electron chi connectivity index (χ1n) is 44.8. The number of unbranched alkanes of at least 4 members (excludes halogenated alkanes) is 44. The van der Waals surface area contributed by atoms with Gasteiger partial charge < -0.3 is 84.2 Å². The number of ether oxygens (including phenoxy) is 6. The molecule has 2 aliphatic rings. The second kappa shape index (κ2) is 67.1. The Hall–Kier alpha value is -2.75. The van der Waals surface area contributed by atoms with E-state index in [0.29, 0.717) is 32.1 Å². The van der Waals surface area contributed by atoms with Crippen LogP contribution in [0.15, 0.2) is 0 Å². The second-order valence-electron chi connectivity index (χ2n) is 32.2. The molecule has 2 heterocycles. The van der Waals surface area contributed by atoms with Gasteiger partial charge in [0, 0.05) is 6.42 Å². The first-order valence-corrected chi connectivity index (χ1v) is 47.8. The van der Waals surface area contributed by atoms with Gasteiger partial charge in [0.2, 0.25) is 11.8 Å². The maximum Gasteiger partial charge on any atom is 0.472 e. The Morgan fingerprint density at radius 3 is 1.04 bits per heavy atom. The van der Waals surface area contributed by atoms with E-state index >= 15 is 0 Å². The maximum atomic E-state index is 14.6. The molecule has 2 saturated heterocycles. The highest BCUT2D eigenvalue weighted by molar-refractivity contribution is 7.46. The number of rotatable bonds is 75. The number of hydrogen-bond acceptors (Lipinski definition) is 20. The number of aliphatic hydroxyl groups is 5. The van der Waals surface area contributed by atoms with Crippen LogP contribution in [0.2, 0.25) is 0 Å². The molecule has 2 aliphatic heterocycles. The van der Waals surface area contributed by atoms with Crippen molar-refractivity contribution < 1.29 is 116 Å². The molecule has 112 heavy (non-hydrogen) atoms. The van der Waals surface area contributed by atoms with Crippen LogP contribution in [0.25, 0.3) is 0 Å². The van der Waals surface area contributed by atoms with Crippen LogP contribution in [0.5, 0.6) is 0 Å². The Balaban J connectivity index is 2.64. The summed E-state index contributed by atoms with van der Waals surface area (Å²) in [5.41, 5.74) is 0. The molecule has 2 rings (SSSR count). The predicted octanol–water partition coefficient (Wildman–Crippen LogP) is 16.9. The lowest BCUT2D eigenvalue weighted by Crippen LogP contribution is -2.68. The van der Waals surface area contributed by atoms with Crippen molar-refractivity contribution in [3.63, 3.8) is 0 Å². The van der Waals surface area contributed by atoms with Crippen LogP contribution in [0.3, 0.4) is 0 Å². The average Bonchev–Trinajstić information content (AvgIpc) is 0.781. The smallest absolute Gasteiger partial charge is 0.462 e. The highest BCUT2D eigenvalue weighted by Gasteiger charge is 2.55. The van der Waals surface area contributed by atoms with Crippen LogP contribution in [0.4, 0.5) is 0 Å². The number of hydrogen-bond donors (Lipinski definition) is 11. The molecular formula is C84H160N2O24P2. The zero-order chi connectivity index (χ0) is 82.5.